The van der Waals surface area contributed by atoms with Crippen LogP contribution in [-0.2, 0) is 0 Å². The van der Waals surface area contributed by atoms with E-state index in [9.17, 15) is 8.78 Å². The molecule has 0 fully saturated rings. The number of nitrogens with two attached hydrogens (primary N) is 2. The fourth-order valence-corrected chi connectivity index (χ4v) is 0.935. The van der Waals surface area contributed by atoms with Crippen molar-refractivity contribution in [2.45, 2.75) is 6.04 Å². The van der Waals surface area contributed by atoms with Crippen molar-refractivity contribution in [3.8, 4) is 5.75 Å². The maximum absolute atomic E-state index is 12.8. The highest BCUT2D eigenvalue weighted by atomic mass is 19.1. The molecule has 1 aromatic carbocycles. The summed E-state index contributed by atoms with van der Waals surface area (Å²) < 4.78 is 25.5. The van der Waals surface area contributed by atoms with E-state index in [1.165, 1.54) is 0 Å². The number of phenols is 1. The van der Waals surface area contributed by atoms with Gasteiger partial charge in [-0.3, -0.25) is 0 Å². The molecule has 0 bridgehead atoms. The number of hydrogen-bond acceptors (Lipinski definition) is 3. The van der Waals surface area contributed by atoms with E-state index < -0.39 is 23.4 Å². The minimum absolute atomic E-state index is 0.0870. The van der Waals surface area contributed by atoms with E-state index in [-0.39, 0.29) is 12.1 Å². The Hall–Kier alpha value is -1.20. The molecule has 0 amide bonds. The maximum Gasteiger partial charge on any atom is 0.187 e. The minimum Gasteiger partial charge on any atom is -0.503 e. The third-order valence-corrected chi connectivity index (χ3v) is 1.72. The molecule has 0 radical (unpaired) electrons. The summed E-state index contributed by atoms with van der Waals surface area (Å²) in [6.07, 6.45) is 0. The Morgan fingerprint density at radius 1 is 1.31 bits per heavy atom. The van der Waals surface area contributed by atoms with Crippen LogP contribution in [0, 0.1) is 11.6 Å². The molecule has 0 saturated carbocycles. The molecular formula is C8H10F2N2O. The van der Waals surface area contributed by atoms with Gasteiger partial charge in [0.25, 0.3) is 0 Å². The van der Waals surface area contributed by atoms with Gasteiger partial charge in [-0.25, -0.2) is 8.78 Å². The first-order valence-corrected chi connectivity index (χ1v) is 3.69. The molecule has 0 spiro atoms. The van der Waals surface area contributed by atoms with Crippen LogP contribution in [0.2, 0.25) is 0 Å². The molecule has 0 aliphatic heterocycles. The number of rotatable bonds is 2. The first-order valence-electron chi connectivity index (χ1n) is 3.69. The number of aromatic hydroxyl groups is 1. The van der Waals surface area contributed by atoms with E-state index in [0.717, 1.165) is 12.1 Å². The minimum atomic E-state index is -1.03. The Balaban J connectivity index is 3.13. The zero-order valence-corrected chi connectivity index (χ0v) is 6.80. The SMILES string of the molecule is NCC(N)c1cc(F)c(O)c(F)c1. The largest absolute Gasteiger partial charge is 0.503 e. The van der Waals surface area contributed by atoms with E-state index in [4.69, 9.17) is 16.6 Å². The van der Waals surface area contributed by atoms with Gasteiger partial charge in [-0.1, -0.05) is 0 Å². The zero-order valence-electron chi connectivity index (χ0n) is 6.80. The summed E-state index contributed by atoms with van der Waals surface area (Å²) >= 11 is 0. The van der Waals surface area contributed by atoms with Crippen LogP contribution in [-0.4, -0.2) is 11.7 Å². The normalized spacial score (nSPS) is 12.9. The lowest BCUT2D eigenvalue weighted by Crippen LogP contribution is -2.21. The highest BCUT2D eigenvalue weighted by Crippen LogP contribution is 2.23. The molecule has 1 unspecified atom stereocenters. The Kier molecular flexibility index (Phi) is 2.79. The van der Waals surface area contributed by atoms with Crippen molar-refractivity contribution < 1.29 is 13.9 Å². The summed E-state index contributed by atoms with van der Waals surface area (Å²) in [5.74, 6) is -3.05. The molecule has 5 N–H and O–H groups in total. The van der Waals surface area contributed by atoms with Crippen LogP contribution in [0.15, 0.2) is 12.1 Å². The van der Waals surface area contributed by atoms with Gasteiger partial charge in [0.2, 0.25) is 0 Å². The number of halogens is 2. The Bertz CT molecular complexity index is 294. The van der Waals surface area contributed by atoms with E-state index in [1.54, 1.807) is 0 Å². The highest BCUT2D eigenvalue weighted by molar-refractivity contribution is 5.31. The summed E-state index contributed by atoms with van der Waals surface area (Å²) in [5.41, 5.74) is 10.9. The molecule has 5 heteroatoms. The molecule has 0 aliphatic carbocycles. The Morgan fingerprint density at radius 3 is 2.15 bits per heavy atom. The predicted molar refractivity (Wildman–Crippen MR) is 44.0 cm³/mol. The molecule has 13 heavy (non-hydrogen) atoms. The molecule has 1 aromatic rings. The molecule has 1 atom stereocenters. The Morgan fingerprint density at radius 2 is 1.77 bits per heavy atom. The molecule has 3 nitrogen and oxygen atoms in total. The van der Waals surface area contributed by atoms with Crippen LogP contribution in [0.1, 0.15) is 11.6 Å². The fourth-order valence-electron chi connectivity index (χ4n) is 0.935. The van der Waals surface area contributed by atoms with Crippen molar-refractivity contribution in [1.29, 1.82) is 0 Å². The summed E-state index contributed by atoms with van der Waals surface area (Å²) in [4.78, 5) is 0. The van der Waals surface area contributed by atoms with E-state index in [1.807, 2.05) is 0 Å². The van der Waals surface area contributed by atoms with Crippen LogP contribution in [0.25, 0.3) is 0 Å². The van der Waals surface area contributed by atoms with Gasteiger partial charge in [-0.15, -0.1) is 0 Å². The number of phenolic OH excluding ortho intramolecular Hbond substituents is 1. The second kappa shape index (κ2) is 3.68. The summed E-state index contributed by atoms with van der Waals surface area (Å²) in [6, 6.07) is 1.32. The quantitative estimate of drug-likeness (QED) is 0.637. The standard InChI is InChI=1S/C8H10F2N2O/c9-5-1-4(7(12)3-11)2-6(10)8(5)13/h1-2,7,13H,3,11-12H2. The zero-order chi connectivity index (χ0) is 10.0. The molecule has 0 aromatic heterocycles. The first kappa shape index (κ1) is 9.88. The number of benzene rings is 1. The van der Waals surface area contributed by atoms with Crippen LogP contribution < -0.4 is 11.5 Å². The van der Waals surface area contributed by atoms with E-state index in [0.29, 0.717) is 0 Å². The summed E-state index contributed by atoms with van der Waals surface area (Å²) in [6.45, 7) is 0.0870. The van der Waals surface area contributed by atoms with Crippen LogP contribution in [0.3, 0.4) is 0 Å². The third kappa shape index (κ3) is 1.93. The van der Waals surface area contributed by atoms with Gasteiger partial charge < -0.3 is 16.6 Å². The van der Waals surface area contributed by atoms with Gasteiger partial charge in [0, 0.05) is 12.6 Å². The van der Waals surface area contributed by atoms with E-state index in [2.05, 4.69) is 0 Å². The maximum atomic E-state index is 12.8. The monoisotopic (exact) mass is 188 g/mol. The van der Waals surface area contributed by atoms with Gasteiger partial charge in [0.1, 0.15) is 0 Å². The van der Waals surface area contributed by atoms with Gasteiger partial charge in [-0.05, 0) is 17.7 Å². The van der Waals surface area contributed by atoms with Crippen molar-refractivity contribution in [3.63, 3.8) is 0 Å². The molecule has 0 saturated heterocycles. The molecular weight excluding hydrogens is 178 g/mol. The van der Waals surface area contributed by atoms with Gasteiger partial charge >= 0.3 is 0 Å². The summed E-state index contributed by atoms with van der Waals surface area (Å²) in [5, 5.41) is 8.76. The van der Waals surface area contributed by atoms with Crippen LogP contribution in [0.4, 0.5) is 8.78 Å². The third-order valence-electron chi connectivity index (χ3n) is 1.72. The van der Waals surface area contributed by atoms with Crippen molar-refractivity contribution in [1.82, 2.24) is 0 Å². The molecule has 72 valence electrons. The fraction of sp³-hybridized carbons (Fsp3) is 0.250. The van der Waals surface area contributed by atoms with Gasteiger partial charge in [-0.2, -0.15) is 0 Å². The molecule has 0 aliphatic rings. The lowest BCUT2D eigenvalue weighted by atomic mass is 10.1. The molecule has 1 rings (SSSR count). The summed E-state index contributed by atoms with van der Waals surface area (Å²) in [7, 11) is 0. The lowest BCUT2D eigenvalue weighted by Gasteiger charge is -2.09. The van der Waals surface area contributed by atoms with E-state index >= 15 is 0 Å². The average molecular weight is 188 g/mol. The molecule has 0 heterocycles. The second-order valence-electron chi connectivity index (χ2n) is 2.68. The first-order chi connectivity index (χ1) is 6.06. The van der Waals surface area contributed by atoms with Crippen molar-refractivity contribution in [3.05, 3.63) is 29.3 Å². The topological polar surface area (TPSA) is 72.3 Å². The van der Waals surface area contributed by atoms with Crippen molar-refractivity contribution in [2.24, 2.45) is 11.5 Å². The second-order valence-corrected chi connectivity index (χ2v) is 2.68. The lowest BCUT2D eigenvalue weighted by molar-refractivity contribution is 0.394. The van der Waals surface area contributed by atoms with Crippen molar-refractivity contribution >= 4 is 0 Å². The smallest absolute Gasteiger partial charge is 0.187 e. The highest BCUT2D eigenvalue weighted by Gasteiger charge is 2.12. The van der Waals surface area contributed by atoms with Crippen LogP contribution in [0.5, 0.6) is 5.75 Å². The average Bonchev–Trinajstić information content (AvgIpc) is 2.12. The van der Waals surface area contributed by atoms with Crippen LogP contribution >= 0.6 is 0 Å². The van der Waals surface area contributed by atoms with Crippen molar-refractivity contribution in [2.75, 3.05) is 6.54 Å². The Labute approximate surface area is 74.0 Å². The predicted octanol–water partition coefficient (Wildman–Crippen LogP) is 0.629. The van der Waals surface area contributed by atoms with Gasteiger partial charge in [0.15, 0.2) is 17.4 Å². The van der Waals surface area contributed by atoms with Gasteiger partial charge in [0.05, 0.1) is 0 Å². The number of hydrogen-bond donors (Lipinski definition) is 3.